The van der Waals surface area contributed by atoms with E-state index in [0.29, 0.717) is 12.0 Å². The van der Waals surface area contributed by atoms with Crippen molar-refractivity contribution in [3.63, 3.8) is 0 Å². The summed E-state index contributed by atoms with van der Waals surface area (Å²) in [5.41, 5.74) is 6.02. The number of hydrogen-bond donors (Lipinski definition) is 2. The molecule has 1 atom stereocenters. The van der Waals surface area contributed by atoms with Crippen molar-refractivity contribution in [2.45, 2.75) is 45.2 Å². The van der Waals surface area contributed by atoms with Crippen LogP contribution in [-0.4, -0.2) is 61.6 Å². The topological polar surface area (TPSA) is 87.9 Å². The first-order valence-electron chi connectivity index (χ1n) is 10.4. The first-order chi connectivity index (χ1) is 14.3. The molecule has 30 heavy (non-hydrogen) atoms. The van der Waals surface area contributed by atoms with E-state index in [1.165, 1.54) is 17.0 Å². The predicted molar refractivity (Wildman–Crippen MR) is 111 cm³/mol. The molecule has 1 aliphatic carbocycles. The molecule has 166 valence electrons. The fourth-order valence-corrected chi connectivity index (χ4v) is 3.80. The number of carbonyl (C=O) groups is 2. The summed E-state index contributed by atoms with van der Waals surface area (Å²) < 4.78 is 32.5. The molecule has 3 rings (SSSR count). The molecule has 2 amide bonds. The van der Waals surface area contributed by atoms with Crippen molar-refractivity contribution in [1.29, 1.82) is 0 Å². The van der Waals surface area contributed by atoms with Gasteiger partial charge in [-0.1, -0.05) is 13.8 Å². The standard InChI is InChI=1S/C21H30F2N4O3/c1-13(2)11-27(15-4-5-15)18(10-24)21(29)25-14-3-6-17(16(9-14)20(22)23)26-7-8-30-12-19(26)28/h3,6,9,13,15,18,20H,4-5,7-8,10-12,24H2,1-2H3,(H,25,29)/t18-/m1/s1. The van der Waals surface area contributed by atoms with Gasteiger partial charge in [0.1, 0.15) is 12.6 Å². The number of nitrogens with zero attached hydrogens (tertiary/aromatic N) is 2. The van der Waals surface area contributed by atoms with Crippen molar-refractivity contribution < 1.29 is 23.1 Å². The second-order valence-electron chi connectivity index (χ2n) is 8.23. The number of anilines is 2. The highest BCUT2D eigenvalue weighted by atomic mass is 19.3. The largest absolute Gasteiger partial charge is 0.370 e. The Hall–Kier alpha value is -2.10. The van der Waals surface area contributed by atoms with Crippen LogP contribution in [0.25, 0.3) is 0 Å². The van der Waals surface area contributed by atoms with Crippen molar-refractivity contribution in [3.8, 4) is 0 Å². The lowest BCUT2D eigenvalue weighted by Crippen LogP contribution is -2.51. The Labute approximate surface area is 175 Å². The Balaban J connectivity index is 1.78. The number of halogens is 2. The quantitative estimate of drug-likeness (QED) is 0.636. The third kappa shape index (κ3) is 5.33. The van der Waals surface area contributed by atoms with Crippen molar-refractivity contribution in [2.24, 2.45) is 11.7 Å². The highest BCUT2D eigenvalue weighted by Gasteiger charge is 2.37. The summed E-state index contributed by atoms with van der Waals surface area (Å²) in [5, 5.41) is 2.74. The molecule has 0 unspecified atom stereocenters. The van der Waals surface area contributed by atoms with Crippen LogP contribution in [0.4, 0.5) is 20.2 Å². The molecule has 1 aromatic carbocycles. The molecule has 0 aromatic heterocycles. The van der Waals surface area contributed by atoms with E-state index in [4.69, 9.17) is 10.5 Å². The zero-order valence-corrected chi connectivity index (χ0v) is 17.4. The second kappa shape index (κ2) is 9.80. The molecule has 0 bridgehead atoms. The smallest absolute Gasteiger partial charge is 0.265 e. The van der Waals surface area contributed by atoms with Gasteiger partial charge in [0.15, 0.2) is 0 Å². The lowest BCUT2D eigenvalue weighted by molar-refractivity contribution is -0.125. The van der Waals surface area contributed by atoms with Crippen molar-refractivity contribution >= 4 is 23.2 Å². The van der Waals surface area contributed by atoms with Crippen LogP contribution in [0.5, 0.6) is 0 Å². The molecule has 2 aliphatic rings. The Kier molecular flexibility index (Phi) is 7.38. The maximum atomic E-state index is 13.7. The second-order valence-corrected chi connectivity index (χ2v) is 8.23. The van der Waals surface area contributed by atoms with E-state index >= 15 is 0 Å². The van der Waals surface area contributed by atoms with Gasteiger partial charge in [0, 0.05) is 36.9 Å². The first-order valence-corrected chi connectivity index (χ1v) is 10.4. The van der Waals surface area contributed by atoms with Gasteiger partial charge in [-0.3, -0.25) is 14.5 Å². The number of benzene rings is 1. The normalized spacial score (nSPS) is 18.4. The van der Waals surface area contributed by atoms with Crippen molar-refractivity contribution in [1.82, 2.24) is 4.90 Å². The highest BCUT2D eigenvalue weighted by Crippen LogP contribution is 2.34. The van der Waals surface area contributed by atoms with E-state index < -0.39 is 12.5 Å². The summed E-state index contributed by atoms with van der Waals surface area (Å²) in [6.45, 7) is 5.44. The molecule has 1 heterocycles. The molecule has 1 aliphatic heterocycles. The minimum Gasteiger partial charge on any atom is -0.370 e. The van der Waals surface area contributed by atoms with Gasteiger partial charge in [-0.15, -0.1) is 0 Å². The number of nitrogens with two attached hydrogens (primary N) is 1. The number of hydrogen-bond acceptors (Lipinski definition) is 5. The van der Waals surface area contributed by atoms with Gasteiger partial charge in [-0.05, 0) is 37.0 Å². The average molecular weight is 424 g/mol. The van der Waals surface area contributed by atoms with Crippen LogP contribution in [0.3, 0.4) is 0 Å². The first kappa shape index (κ1) is 22.6. The van der Waals surface area contributed by atoms with E-state index in [2.05, 4.69) is 24.1 Å². The molecule has 3 N–H and O–H groups in total. The summed E-state index contributed by atoms with van der Waals surface area (Å²) in [6.07, 6.45) is -0.718. The number of ether oxygens (including phenoxy) is 1. The number of carbonyl (C=O) groups excluding carboxylic acids is 2. The molecule has 2 fully saturated rings. The van der Waals surface area contributed by atoms with E-state index in [1.54, 1.807) is 6.07 Å². The molecule has 9 heteroatoms. The van der Waals surface area contributed by atoms with Crippen molar-refractivity contribution in [2.75, 3.05) is 43.1 Å². The predicted octanol–water partition coefficient (Wildman–Crippen LogP) is 2.37. The minimum atomic E-state index is -2.79. The SMILES string of the molecule is CC(C)CN(C1CC1)[C@H](CN)C(=O)Nc1ccc(N2CCOCC2=O)c(C(F)F)c1. The monoisotopic (exact) mass is 424 g/mol. The molecule has 7 nitrogen and oxygen atoms in total. The van der Waals surface area contributed by atoms with Gasteiger partial charge in [0.05, 0.1) is 12.3 Å². The molecule has 1 saturated heterocycles. The average Bonchev–Trinajstić information content (AvgIpc) is 3.53. The minimum absolute atomic E-state index is 0.133. The van der Waals surface area contributed by atoms with Crippen LogP contribution in [0.1, 0.15) is 38.7 Å². The number of amides is 2. The zero-order valence-electron chi connectivity index (χ0n) is 17.4. The van der Waals surface area contributed by atoms with Gasteiger partial charge in [0.25, 0.3) is 12.3 Å². The maximum Gasteiger partial charge on any atom is 0.265 e. The molecule has 1 aromatic rings. The Morgan fingerprint density at radius 3 is 2.67 bits per heavy atom. The number of morpholine rings is 1. The summed E-state index contributed by atoms with van der Waals surface area (Å²) in [5.74, 6) is -0.291. The molecule has 1 saturated carbocycles. The summed E-state index contributed by atoms with van der Waals surface area (Å²) in [6, 6.07) is 4.05. The van der Waals surface area contributed by atoms with Crippen LogP contribution < -0.4 is 16.0 Å². The van der Waals surface area contributed by atoms with E-state index in [0.717, 1.165) is 19.4 Å². The van der Waals surface area contributed by atoms with Crippen LogP contribution in [-0.2, 0) is 14.3 Å². The summed E-state index contributed by atoms with van der Waals surface area (Å²) in [4.78, 5) is 28.4. The van der Waals surface area contributed by atoms with Crippen LogP contribution in [0, 0.1) is 5.92 Å². The van der Waals surface area contributed by atoms with Crippen LogP contribution >= 0.6 is 0 Å². The fraction of sp³-hybridized carbons (Fsp3) is 0.619. The summed E-state index contributed by atoms with van der Waals surface area (Å²) in [7, 11) is 0. The molecule has 0 radical (unpaired) electrons. The van der Waals surface area contributed by atoms with E-state index in [9.17, 15) is 18.4 Å². The Morgan fingerprint density at radius 1 is 1.37 bits per heavy atom. The van der Waals surface area contributed by atoms with Gasteiger partial charge in [-0.2, -0.15) is 0 Å². The van der Waals surface area contributed by atoms with Gasteiger partial charge in [-0.25, -0.2) is 8.78 Å². The highest BCUT2D eigenvalue weighted by molar-refractivity contribution is 5.98. The van der Waals surface area contributed by atoms with E-state index in [-0.39, 0.29) is 55.1 Å². The fourth-order valence-electron chi connectivity index (χ4n) is 3.80. The van der Waals surface area contributed by atoms with Crippen LogP contribution in [0.15, 0.2) is 18.2 Å². The Bertz CT molecular complexity index is 771. The van der Waals surface area contributed by atoms with E-state index in [1.807, 2.05) is 0 Å². The number of nitrogens with one attached hydrogen (secondary N) is 1. The number of rotatable bonds is 9. The van der Waals surface area contributed by atoms with Gasteiger partial charge >= 0.3 is 0 Å². The van der Waals surface area contributed by atoms with Gasteiger partial charge < -0.3 is 20.7 Å². The number of alkyl halides is 2. The van der Waals surface area contributed by atoms with Gasteiger partial charge in [0.2, 0.25) is 5.91 Å². The van der Waals surface area contributed by atoms with Crippen molar-refractivity contribution in [3.05, 3.63) is 23.8 Å². The third-order valence-electron chi connectivity index (χ3n) is 5.32. The van der Waals surface area contributed by atoms with Crippen LogP contribution in [0.2, 0.25) is 0 Å². The Morgan fingerprint density at radius 2 is 2.10 bits per heavy atom. The lowest BCUT2D eigenvalue weighted by atomic mass is 10.1. The maximum absolute atomic E-state index is 13.7. The molecular weight excluding hydrogens is 394 g/mol. The summed E-state index contributed by atoms with van der Waals surface area (Å²) >= 11 is 0. The molecular formula is C21H30F2N4O3. The third-order valence-corrected chi connectivity index (χ3v) is 5.32. The zero-order chi connectivity index (χ0) is 21.8. The lowest BCUT2D eigenvalue weighted by Gasteiger charge is -2.31. The molecule has 0 spiro atoms.